The van der Waals surface area contributed by atoms with Gasteiger partial charge in [0.15, 0.2) is 0 Å². The molecular formula is C17H18Br2FN. The summed E-state index contributed by atoms with van der Waals surface area (Å²) in [4.78, 5) is 0. The van der Waals surface area contributed by atoms with Crippen LogP contribution >= 0.6 is 31.9 Å². The lowest BCUT2D eigenvalue weighted by atomic mass is 9.95. The fourth-order valence-electron chi connectivity index (χ4n) is 2.52. The highest BCUT2D eigenvalue weighted by atomic mass is 79.9. The first-order valence-corrected chi connectivity index (χ1v) is 8.47. The lowest BCUT2D eigenvalue weighted by Gasteiger charge is -2.21. The van der Waals surface area contributed by atoms with Gasteiger partial charge >= 0.3 is 0 Å². The SMILES string of the molecule is CCNC(c1cc(Br)cc(Br)c1)c1cc(C)c(F)c(C)c1. The number of rotatable bonds is 4. The summed E-state index contributed by atoms with van der Waals surface area (Å²) in [7, 11) is 0. The molecule has 0 aliphatic carbocycles. The molecule has 0 saturated heterocycles. The van der Waals surface area contributed by atoms with E-state index in [1.165, 1.54) is 0 Å². The van der Waals surface area contributed by atoms with E-state index < -0.39 is 0 Å². The monoisotopic (exact) mass is 413 g/mol. The topological polar surface area (TPSA) is 12.0 Å². The minimum atomic E-state index is -0.121. The van der Waals surface area contributed by atoms with Gasteiger partial charge in [-0.05, 0) is 60.8 Å². The lowest BCUT2D eigenvalue weighted by Crippen LogP contribution is -2.22. The van der Waals surface area contributed by atoms with Crippen molar-refractivity contribution in [3.05, 3.63) is 67.3 Å². The largest absolute Gasteiger partial charge is 0.307 e. The van der Waals surface area contributed by atoms with Gasteiger partial charge in [-0.15, -0.1) is 0 Å². The summed E-state index contributed by atoms with van der Waals surface area (Å²) >= 11 is 7.06. The minimum Gasteiger partial charge on any atom is -0.307 e. The third-order valence-corrected chi connectivity index (χ3v) is 4.33. The summed E-state index contributed by atoms with van der Waals surface area (Å²) < 4.78 is 15.9. The van der Waals surface area contributed by atoms with Crippen LogP contribution in [0.5, 0.6) is 0 Å². The van der Waals surface area contributed by atoms with Gasteiger partial charge in [0, 0.05) is 8.95 Å². The van der Waals surface area contributed by atoms with Crippen molar-refractivity contribution in [3.63, 3.8) is 0 Å². The van der Waals surface area contributed by atoms with Crippen molar-refractivity contribution in [2.24, 2.45) is 0 Å². The molecule has 0 heterocycles. The van der Waals surface area contributed by atoms with E-state index in [1.807, 2.05) is 32.0 Å². The standard InChI is InChI=1S/C17H18Br2FN/c1-4-21-17(13-7-14(18)9-15(19)8-13)12-5-10(2)16(20)11(3)6-12/h5-9,17,21H,4H2,1-3H3. The van der Waals surface area contributed by atoms with E-state index in [0.717, 1.165) is 26.6 Å². The molecule has 1 atom stereocenters. The summed E-state index contributed by atoms with van der Waals surface area (Å²) in [6, 6.07) is 10.1. The van der Waals surface area contributed by atoms with Crippen LogP contribution in [0.2, 0.25) is 0 Å². The highest BCUT2D eigenvalue weighted by Gasteiger charge is 2.16. The summed E-state index contributed by atoms with van der Waals surface area (Å²) in [6.07, 6.45) is 0. The van der Waals surface area contributed by atoms with Crippen molar-refractivity contribution in [1.29, 1.82) is 0 Å². The van der Waals surface area contributed by atoms with Crippen LogP contribution in [-0.2, 0) is 0 Å². The maximum Gasteiger partial charge on any atom is 0.129 e. The molecule has 0 saturated carbocycles. The summed E-state index contributed by atoms with van der Waals surface area (Å²) in [5.41, 5.74) is 3.59. The van der Waals surface area contributed by atoms with Crippen LogP contribution in [0.1, 0.15) is 35.2 Å². The van der Waals surface area contributed by atoms with Gasteiger partial charge in [0.05, 0.1) is 6.04 Å². The molecule has 0 aromatic heterocycles. The summed E-state index contributed by atoms with van der Waals surface area (Å²) in [6.45, 7) is 6.53. The molecule has 2 aromatic carbocycles. The molecule has 4 heteroatoms. The third-order valence-electron chi connectivity index (χ3n) is 3.42. The lowest BCUT2D eigenvalue weighted by molar-refractivity contribution is 0.598. The molecule has 1 nitrogen and oxygen atoms in total. The first kappa shape index (κ1) is 16.7. The molecule has 0 amide bonds. The number of halogens is 3. The van der Waals surface area contributed by atoms with Gasteiger partial charge in [-0.3, -0.25) is 0 Å². The molecule has 1 unspecified atom stereocenters. The Morgan fingerprint density at radius 1 is 0.952 bits per heavy atom. The van der Waals surface area contributed by atoms with Crippen molar-refractivity contribution in [3.8, 4) is 0 Å². The van der Waals surface area contributed by atoms with Crippen LogP contribution in [0.3, 0.4) is 0 Å². The first-order chi connectivity index (χ1) is 9.92. The van der Waals surface area contributed by atoms with Gasteiger partial charge in [-0.25, -0.2) is 4.39 Å². The van der Waals surface area contributed by atoms with Crippen LogP contribution in [0.25, 0.3) is 0 Å². The average molecular weight is 415 g/mol. The van der Waals surface area contributed by atoms with Crippen molar-refractivity contribution < 1.29 is 4.39 Å². The van der Waals surface area contributed by atoms with E-state index in [0.29, 0.717) is 11.1 Å². The molecule has 2 rings (SSSR count). The second kappa shape index (κ2) is 7.03. The predicted octanol–water partition coefficient (Wildman–Crippen LogP) is 5.67. The van der Waals surface area contributed by atoms with E-state index >= 15 is 0 Å². The molecule has 1 N–H and O–H groups in total. The zero-order valence-corrected chi connectivity index (χ0v) is 15.5. The van der Waals surface area contributed by atoms with Crippen molar-refractivity contribution in [1.82, 2.24) is 5.32 Å². The molecule has 112 valence electrons. The molecule has 0 fully saturated rings. The van der Waals surface area contributed by atoms with E-state index in [9.17, 15) is 4.39 Å². The number of aryl methyl sites for hydroxylation is 2. The van der Waals surface area contributed by atoms with Crippen LogP contribution < -0.4 is 5.32 Å². The minimum absolute atomic E-state index is 0.0433. The number of benzene rings is 2. The maximum absolute atomic E-state index is 13.9. The maximum atomic E-state index is 13.9. The van der Waals surface area contributed by atoms with E-state index in [4.69, 9.17) is 0 Å². The van der Waals surface area contributed by atoms with Gasteiger partial charge < -0.3 is 5.32 Å². The molecule has 2 aromatic rings. The van der Waals surface area contributed by atoms with Crippen molar-refractivity contribution >= 4 is 31.9 Å². The van der Waals surface area contributed by atoms with Gasteiger partial charge in [0.2, 0.25) is 0 Å². The summed E-state index contributed by atoms with van der Waals surface area (Å²) in [5.74, 6) is -0.121. The Morgan fingerprint density at radius 3 is 1.90 bits per heavy atom. The Balaban J connectivity index is 2.53. The zero-order valence-electron chi connectivity index (χ0n) is 12.3. The highest BCUT2D eigenvalue weighted by Crippen LogP contribution is 2.30. The number of hydrogen-bond donors (Lipinski definition) is 1. The van der Waals surface area contributed by atoms with Gasteiger partial charge in [0.25, 0.3) is 0 Å². The highest BCUT2D eigenvalue weighted by molar-refractivity contribution is 9.11. The van der Waals surface area contributed by atoms with Crippen LogP contribution in [-0.4, -0.2) is 6.54 Å². The van der Waals surface area contributed by atoms with Crippen molar-refractivity contribution in [2.45, 2.75) is 26.8 Å². The molecule has 0 spiro atoms. The molecule has 0 bridgehead atoms. The Kier molecular flexibility index (Phi) is 5.58. The molecule has 0 aliphatic rings. The van der Waals surface area contributed by atoms with E-state index in [-0.39, 0.29) is 11.9 Å². The Hall–Kier alpha value is -0.710. The third kappa shape index (κ3) is 3.93. The predicted molar refractivity (Wildman–Crippen MR) is 93.2 cm³/mol. The van der Waals surface area contributed by atoms with E-state index in [1.54, 1.807) is 0 Å². The van der Waals surface area contributed by atoms with Gasteiger partial charge in [0.1, 0.15) is 5.82 Å². The zero-order chi connectivity index (χ0) is 15.6. The Bertz CT molecular complexity index is 612. The van der Waals surface area contributed by atoms with Gasteiger partial charge in [-0.2, -0.15) is 0 Å². The normalized spacial score (nSPS) is 12.5. The van der Waals surface area contributed by atoms with Gasteiger partial charge in [-0.1, -0.05) is 50.9 Å². The van der Waals surface area contributed by atoms with Crippen LogP contribution in [0.15, 0.2) is 39.3 Å². The summed E-state index contributed by atoms with van der Waals surface area (Å²) in [5, 5.41) is 3.48. The van der Waals surface area contributed by atoms with Crippen molar-refractivity contribution in [2.75, 3.05) is 6.54 Å². The number of nitrogens with one attached hydrogen (secondary N) is 1. The fourth-order valence-corrected chi connectivity index (χ4v) is 3.85. The second-order valence-electron chi connectivity index (χ2n) is 5.16. The van der Waals surface area contributed by atoms with E-state index in [2.05, 4.69) is 56.2 Å². The second-order valence-corrected chi connectivity index (χ2v) is 6.99. The van der Waals surface area contributed by atoms with Crippen LogP contribution in [0, 0.1) is 19.7 Å². The smallest absolute Gasteiger partial charge is 0.129 e. The average Bonchev–Trinajstić information content (AvgIpc) is 2.40. The molecular weight excluding hydrogens is 397 g/mol. The Labute approximate surface area is 142 Å². The molecule has 21 heavy (non-hydrogen) atoms. The Morgan fingerprint density at radius 2 is 1.43 bits per heavy atom. The van der Waals surface area contributed by atoms with Crippen LogP contribution in [0.4, 0.5) is 4.39 Å². The fraction of sp³-hybridized carbons (Fsp3) is 0.294. The first-order valence-electron chi connectivity index (χ1n) is 6.88. The molecule has 0 radical (unpaired) electrons. The molecule has 0 aliphatic heterocycles. The quantitative estimate of drug-likeness (QED) is 0.679. The number of hydrogen-bond acceptors (Lipinski definition) is 1.